The Morgan fingerprint density at radius 2 is 2.00 bits per heavy atom. The number of nitrogens with zero attached hydrogens (tertiary/aromatic N) is 1. The van der Waals surface area contributed by atoms with Gasteiger partial charge in [-0.2, -0.15) is 0 Å². The Hall–Kier alpha value is -2.68. The Morgan fingerprint density at radius 3 is 2.71 bits per heavy atom. The number of β-amino-alcohol motifs (C(OH)–C–C–N with tert-alkyl or cyclic N) is 1. The van der Waals surface area contributed by atoms with Crippen LogP contribution in [0, 0.1) is 11.8 Å². The van der Waals surface area contributed by atoms with E-state index in [-0.39, 0.29) is 12.5 Å². The van der Waals surface area contributed by atoms with E-state index in [2.05, 4.69) is 11.8 Å². The second-order valence-corrected chi connectivity index (χ2v) is 7.10. The first-order valence-electron chi connectivity index (χ1n) is 8.97. The van der Waals surface area contributed by atoms with Crippen LogP contribution in [-0.2, 0) is 0 Å². The van der Waals surface area contributed by atoms with Crippen LogP contribution in [-0.4, -0.2) is 48.8 Å². The monoisotopic (exact) mass is 399 g/mol. The zero-order valence-corrected chi connectivity index (χ0v) is 16.6. The average Bonchev–Trinajstić information content (AvgIpc) is 2.71. The number of aliphatic hydroxyl groups is 1. The molecule has 5 nitrogen and oxygen atoms in total. The molecule has 146 valence electrons. The van der Waals surface area contributed by atoms with Gasteiger partial charge in [0.15, 0.2) is 11.5 Å². The highest BCUT2D eigenvalue weighted by Crippen LogP contribution is 2.32. The molecule has 3 rings (SSSR count). The van der Waals surface area contributed by atoms with Gasteiger partial charge in [0.05, 0.1) is 26.3 Å². The van der Waals surface area contributed by atoms with E-state index in [1.165, 1.54) is 14.2 Å². The van der Waals surface area contributed by atoms with Crippen molar-refractivity contribution < 1.29 is 19.4 Å². The maximum atomic E-state index is 13.1. The summed E-state index contributed by atoms with van der Waals surface area (Å²) in [7, 11) is 3.02. The van der Waals surface area contributed by atoms with Crippen LogP contribution in [0.5, 0.6) is 11.5 Å². The SMILES string of the molecule is COc1cccc(C(=O)N2CCCC(O)(C#Cc3cccc(Cl)c3)C2)c1OC. The molecule has 2 aromatic carbocycles. The molecule has 6 heteroatoms. The Labute approximate surface area is 169 Å². The van der Waals surface area contributed by atoms with E-state index in [0.29, 0.717) is 41.5 Å². The maximum Gasteiger partial charge on any atom is 0.257 e. The number of carbonyl (C=O) groups excluding carboxylic acids is 1. The Kier molecular flexibility index (Phi) is 6.13. The van der Waals surface area contributed by atoms with Gasteiger partial charge in [0.25, 0.3) is 5.91 Å². The van der Waals surface area contributed by atoms with E-state index < -0.39 is 5.60 Å². The Balaban J connectivity index is 1.83. The van der Waals surface area contributed by atoms with Gasteiger partial charge < -0.3 is 19.5 Å². The molecule has 1 saturated heterocycles. The molecule has 0 bridgehead atoms. The van der Waals surface area contributed by atoms with Gasteiger partial charge in [0.2, 0.25) is 0 Å². The van der Waals surface area contributed by atoms with Crippen molar-refractivity contribution in [2.75, 3.05) is 27.3 Å². The molecule has 0 aromatic heterocycles. The lowest BCUT2D eigenvalue weighted by Gasteiger charge is -2.36. The molecule has 1 fully saturated rings. The first kappa shape index (κ1) is 20.1. The van der Waals surface area contributed by atoms with Gasteiger partial charge in [-0.05, 0) is 43.2 Å². The quantitative estimate of drug-likeness (QED) is 0.804. The molecule has 1 amide bonds. The van der Waals surface area contributed by atoms with Gasteiger partial charge >= 0.3 is 0 Å². The highest BCUT2D eigenvalue weighted by atomic mass is 35.5. The zero-order valence-electron chi connectivity index (χ0n) is 15.9. The fourth-order valence-electron chi connectivity index (χ4n) is 3.29. The highest BCUT2D eigenvalue weighted by Gasteiger charge is 2.35. The summed E-state index contributed by atoms with van der Waals surface area (Å²) in [6.45, 7) is 0.667. The lowest BCUT2D eigenvalue weighted by molar-refractivity contribution is 0.0151. The van der Waals surface area contributed by atoms with Crippen LogP contribution in [0.25, 0.3) is 0 Å². The molecule has 1 aliphatic rings. The van der Waals surface area contributed by atoms with Crippen molar-refractivity contribution in [1.29, 1.82) is 0 Å². The second-order valence-electron chi connectivity index (χ2n) is 6.66. The van der Waals surface area contributed by atoms with E-state index in [4.69, 9.17) is 21.1 Å². The summed E-state index contributed by atoms with van der Waals surface area (Å²) in [5.41, 5.74) is -0.157. The smallest absolute Gasteiger partial charge is 0.257 e. The summed E-state index contributed by atoms with van der Waals surface area (Å²) in [5, 5.41) is 11.5. The predicted octanol–water partition coefficient (Wildman–Crippen LogP) is 3.38. The van der Waals surface area contributed by atoms with Crippen molar-refractivity contribution in [2.24, 2.45) is 0 Å². The molecule has 1 aliphatic heterocycles. The van der Waals surface area contributed by atoms with Gasteiger partial charge in [-0.15, -0.1) is 0 Å². The molecular weight excluding hydrogens is 378 g/mol. The number of methoxy groups -OCH3 is 2. The van der Waals surface area contributed by atoms with Crippen LogP contribution >= 0.6 is 11.6 Å². The van der Waals surface area contributed by atoms with Gasteiger partial charge in [0, 0.05) is 17.1 Å². The molecule has 0 saturated carbocycles. The summed E-state index contributed by atoms with van der Waals surface area (Å²) >= 11 is 5.98. The van der Waals surface area contributed by atoms with Crippen LogP contribution in [0.4, 0.5) is 0 Å². The van der Waals surface area contributed by atoms with Crippen LogP contribution in [0.15, 0.2) is 42.5 Å². The standard InChI is InChI=1S/C22H22ClNO4/c1-27-19-9-4-8-18(20(19)28-2)21(25)24-13-5-11-22(26,15-24)12-10-16-6-3-7-17(23)14-16/h3-4,6-9,14,26H,5,11,13,15H2,1-2H3. The summed E-state index contributed by atoms with van der Waals surface area (Å²) in [4.78, 5) is 14.7. The average molecular weight is 400 g/mol. The first-order valence-corrected chi connectivity index (χ1v) is 9.35. The molecule has 0 spiro atoms. The number of piperidine rings is 1. The first-order chi connectivity index (χ1) is 13.5. The summed E-state index contributed by atoms with van der Waals surface area (Å²) in [6.07, 6.45) is 1.15. The molecule has 2 aromatic rings. The maximum absolute atomic E-state index is 13.1. The fraction of sp³-hybridized carbons (Fsp3) is 0.318. The molecule has 1 heterocycles. The normalized spacial score (nSPS) is 18.8. The van der Waals surface area contributed by atoms with Crippen molar-refractivity contribution in [3.8, 4) is 23.3 Å². The third-order valence-corrected chi connectivity index (χ3v) is 4.89. The van der Waals surface area contributed by atoms with Gasteiger partial charge in [-0.25, -0.2) is 0 Å². The number of benzene rings is 2. The number of amides is 1. The lowest BCUT2D eigenvalue weighted by atomic mass is 9.92. The number of hydrogen-bond acceptors (Lipinski definition) is 4. The summed E-state index contributed by atoms with van der Waals surface area (Å²) < 4.78 is 10.6. The largest absolute Gasteiger partial charge is 0.493 e. The highest BCUT2D eigenvalue weighted by molar-refractivity contribution is 6.30. The van der Waals surface area contributed by atoms with Crippen molar-refractivity contribution in [3.63, 3.8) is 0 Å². The van der Waals surface area contributed by atoms with Crippen molar-refractivity contribution >= 4 is 17.5 Å². The van der Waals surface area contributed by atoms with E-state index in [1.54, 1.807) is 35.2 Å². The van der Waals surface area contributed by atoms with Gasteiger partial charge in [-0.1, -0.05) is 35.6 Å². The van der Waals surface area contributed by atoms with Crippen molar-refractivity contribution in [3.05, 3.63) is 58.6 Å². The van der Waals surface area contributed by atoms with E-state index in [1.807, 2.05) is 12.1 Å². The third-order valence-electron chi connectivity index (χ3n) is 4.66. The number of likely N-dealkylation sites (tertiary alicyclic amines) is 1. The van der Waals surface area contributed by atoms with E-state index >= 15 is 0 Å². The van der Waals surface area contributed by atoms with E-state index in [0.717, 1.165) is 5.56 Å². The van der Waals surface area contributed by atoms with Gasteiger partial charge in [-0.3, -0.25) is 4.79 Å². The number of rotatable bonds is 3. The molecule has 1 unspecified atom stereocenters. The molecule has 1 N–H and O–H groups in total. The minimum absolute atomic E-state index is 0.125. The van der Waals surface area contributed by atoms with Crippen LogP contribution < -0.4 is 9.47 Å². The third kappa shape index (κ3) is 4.41. The van der Waals surface area contributed by atoms with Crippen molar-refractivity contribution in [2.45, 2.75) is 18.4 Å². The molecule has 0 radical (unpaired) electrons. The second kappa shape index (κ2) is 8.55. The van der Waals surface area contributed by atoms with Crippen LogP contribution in [0.2, 0.25) is 5.02 Å². The Bertz CT molecular complexity index is 934. The molecule has 1 atom stereocenters. The van der Waals surface area contributed by atoms with Crippen LogP contribution in [0.3, 0.4) is 0 Å². The van der Waals surface area contributed by atoms with Gasteiger partial charge in [0.1, 0.15) is 5.60 Å². The Morgan fingerprint density at radius 1 is 1.21 bits per heavy atom. The number of halogens is 1. The summed E-state index contributed by atoms with van der Waals surface area (Å²) in [5.74, 6) is 6.54. The van der Waals surface area contributed by atoms with Crippen LogP contribution in [0.1, 0.15) is 28.8 Å². The summed E-state index contributed by atoms with van der Waals surface area (Å²) in [6, 6.07) is 12.3. The zero-order chi connectivity index (χ0) is 20.1. The minimum atomic E-state index is -1.28. The van der Waals surface area contributed by atoms with Crippen molar-refractivity contribution in [1.82, 2.24) is 4.90 Å². The fourth-order valence-corrected chi connectivity index (χ4v) is 3.48. The molecule has 28 heavy (non-hydrogen) atoms. The number of ether oxygens (including phenoxy) is 2. The lowest BCUT2D eigenvalue weighted by Crippen LogP contribution is -2.49. The number of carbonyl (C=O) groups is 1. The topological polar surface area (TPSA) is 59.0 Å². The number of hydrogen-bond donors (Lipinski definition) is 1. The predicted molar refractivity (Wildman–Crippen MR) is 108 cm³/mol. The molecule has 0 aliphatic carbocycles. The number of para-hydroxylation sites is 1. The minimum Gasteiger partial charge on any atom is -0.493 e. The molecular formula is C22H22ClNO4. The van der Waals surface area contributed by atoms with E-state index in [9.17, 15) is 9.90 Å².